The number of alkyl halides is 1. The third-order valence-electron chi connectivity index (χ3n) is 3.66. The van der Waals surface area contributed by atoms with Crippen molar-refractivity contribution in [3.05, 3.63) is 60.7 Å². The minimum Gasteiger partial charge on any atom is -0.307 e. The van der Waals surface area contributed by atoms with E-state index in [-0.39, 0.29) is 34.5 Å². The number of likely N-dealkylation sites (N-methyl/N-ethyl adjacent to an activating group) is 2. The fourth-order valence-electron chi connectivity index (χ4n) is 2.31. The van der Waals surface area contributed by atoms with E-state index in [1.165, 1.54) is 23.2 Å². The van der Waals surface area contributed by atoms with Crippen molar-refractivity contribution in [2.24, 2.45) is 0 Å². The van der Waals surface area contributed by atoms with E-state index < -0.39 is 0 Å². The van der Waals surface area contributed by atoms with Crippen molar-refractivity contribution in [1.29, 1.82) is 0 Å². The summed E-state index contributed by atoms with van der Waals surface area (Å²) >= 11 is 5.89. The molecule has 0 bridgehead atoms. The molecule has 0 amide bonds. The molecule has 1 unspecified atom stereocenters. The topological polar surface area (TPSA) is 6.48 Å². The van der Waals surface area contributed by atoms with Gasteiger partial charge in [-0.05, 0) is 52.9 Å². The van der Waals surface area contributed by atoms with Gasteiger partial charge < -0.3 is 4.90 Å². The number of hydrogen-bond donors (Lipinski definition) is 0. The largest absolute Gasteiger partial charge is 0.307 e. The van der Waals surface area contributed by atoms with Crippen molar-refractivity contribution in [2.75, 3.05) is 40.9 Å². The molecule has 26 heavy (non-hydrogen) atoms. The van der Waals surface area contributed by atoms with Crippen molar-refractivity contribution in [1.82, 2.24) is 9.80 Å². The molecule has 0 saturated carbocycles. The van der Waals surface area contributed by atoms with Crippen LogP contribution in [0.3, 0.4) is 0 Å². The van der Waals surface area contributed by atoms with Crippen molar-refractivity contribution in [2.45, 2.75) is 18.8 Å². The molecule has 2 aromatic rings. The molecule has 2 aromatic carbocycles. The first-order valence-electron chi connectivity index (χ1n) is 8.78. The van der Waals surface area contributed by atoms with Gasteiger partial charge in [0.15, 0.2) is 0 Å². The number of rotatable bonds is 7. The maximum atomic E-state index is 5.89. The quantitative estimate of drug-likeness (QED) is 0.284. The Balaban J connectivity index is 0.000000543. The molecule has 0 saturated heterocycles. The first kappa shape index (κ1) is 25.8. The average Bonchev–Trinajstić information content (AvgIpc) is 2.61. The zero-order valence-electron chi connectivity index (χ0n) is 16.6. The summed E-state index contributed by atoms with van der Waals surface area (Å²) in [6.07, 6.45) is 2.53. The SMILES string of the molecule is CCCP(c1ccccc1)c1ccccc1.CN(C)CC(Cl)N(C)C.[W]. The molecule has 2 nitrogen and oxygen atoms in total. The monoisotopic (exact) mass is 562 g/mol. The molecule has 1 atom stereocenters. The average molecular weight is 563 g/mol. The van der Waals surface area contributed by atoms with Gasteiger partial charge in [-0.2, -0.15) is 0 Å². The van der Waals surface area contributed by atoms with Gasteiger partial charge in [-0.25, -0.2) is 0 Å². The van der Waals surface area contributed by atoms with Gasteiger partial charge in [0.05, 0.1) is 5.50 Å². The van der Waals surface area contributed by atoms with Crippen LogP contribution in [0.2, 0.25) is 0 Å². The molecule has 5 heteroatoms. The van der Waals surface area contributed by atoms with Gasteiger partial charge >= 0.3 is 0 Å². The predicted molar refractivity (Wildman–Crippen MR) is 116 cm³/mol. The summed E-state index contributed by atoms with van der Waals surface area (Å²) < 4.78 is 0. The van der Waals surface area contributed by atoms with Crippen LogP contribution in [-0.4, -0.2) is 56.2 Å². The van der Waals surface area contributed by atoms with E-state index in [1.54, 1.807) is 0 Å². The van der Waals surface area contributed by atoms with Gasteiger partial charge in [-0.1, -0.05) is 74.0 Å². The summed E-state index contributed by atoms with van der Waals surface area (Å²) in [7, 11) is 7.82. The molecule has 0 spiro atoms. The Morgan fingerprint density at radius 2 is 1.27 bits per heavy atom. The number of halogens is 1. The third-order valence-corrected chi connectivity index (χ3v) is 6.92. The van der Waals surface area contributed by atoms with Gasteiger partial charge in [-0.3, -0.25) is 4.90 Å². The van der Waals surface area contributed by atoms with Gasteiger partial charge in [0.1, 0.15) is 0 Å². The van der Waals surface area contributed by atoms with E-state index >= 15 is 0 Å². The van der Waals surface area contributed by atoms with Crippen LogP contribution in [0.4, 0.5) is 0 Å². The molecule has 0 fully saturated rings. The van der Waals surface area contributed by atoms with Crippen LogP contribution in [0.1, 0.15) is 13.3 Å². The number of nitrogens with zero attached hydrogens (tertiary/aromatic N) is 2. The Morgan fingerprint density at radius 3 is 1.54 bits per heavy atom. The normalized spacial score (nSPS) is 11.7. The standard InChI is InChI=1S/C15H17P.C6H15ClN2.W/c1-2-13-16(14-9-5-3-6-10-14)15-11-7-4-8-12-15;1-8(2)5-6(7)9(3)4;/h3-12H,2,13H2,1H3;6H,5H2,1-4H3;. The van der Waals surface area contributed by atoms with E-state index in [0.717, 1.165) is 6.54 Å². The van der Waals surface area contributed by atoms with Crippen LogP contribution < -0.4 is 10.6 Å². The van der Waals surface area contributed by atoms with Crippen molar-refractivity contribution < 1.29 is 21.1 Å². The summed E-state index contributed by atoms with van der Waals surface area (Å²) in [4.78, 5) is 4.05. The molecule has 0 aliphatic carbocycles. The Kier molecular flexibility index (Phi) is 14.6. The minimum atomic E-state index is -0.151. The molecular weight excluding hydrogens is 531 g/mol. The second-order valence-corrected chi connectivity index (χ2v) is 9.32. The second kappa shape index (κ2) is 14.8. The Morgan fingerprint density at radius 1 is 0.846 bits per heavy atom. The van der Waals surface area contributed by atoms with Gasteiger partial charge in [0, 0.05) is 27.6 Å². The van der Waals surface area contributed by atoms with E-state index in [0.29, 0.717) is 0 Å². The number of hydrogen-bond acceptors (Lipinski definition) is 2. The maximum absolute atomic E-state index is 5.89. The van der Waals surface area contributed by atoms with Gasteiger partial charge in [0.25, 0.3) is 0 Å². The molecular formula is C21H32ClN2PW. The van der Waals surface area contributed by atoms with E-state index in [2.05, 4.69) is 72.5 Å². The molecule has 0 heterocycles. The molecule has 0 radical (unpaired) electrons. The molecule has 0 N–H and O–H groups in total. The Hall–Kier alpha value is -0.232. The van der Waals surface area contributed by atoms with Crippen LogP contribution in [0, 0.1) is 0 Å². The molecule has 0 aromatic heterocycles. The fourth-order valence-corrected chi connectivity index (χ4v) is 4.91. The first-order valence-corrected chi connectivity index (χ1v) is 10.7. The first-order chi connectivity index (χ1) is 12.0. The third kappa shape index (κ3) is 10.2. The molecule has 0 aliphatic heterocycles. The predicted octanol–water partition coefficient (Wildman–Crippen LogP) is 4.20. The Bertz CT molecular complexity index is 527. The smallest absolute Gasteiger partial charge is 0.0973 e. The van der Waals surface area contributed by atoms with Crippen molar-refractivity contribution in [3.63, 3.8) is 0 Å². The van der Waals surface area contributed by atoms with Crippen LogP contribution in [0.5, 0.6) is 0 Å². The van der Waals surface area contributed by atoms with Gasteiger partial charge in [0.2, 0.25) is 0 Å². The van der Waals surface area contributed by atoms with Crippen LogP contribution >= 0.6 is 19.5 Å². The molecule has 2 rings (SSSR count). The summed E-state index contributed by atoms with van der Waals surface area (Å²) in [6, 6.07) is 21.8. The summed E-state index contributed by atoms with van der Waals surface area (Å²) in [6.45, 7) is 3.16. The van der Waals surface area contributed by atoms with Crippen LogP contribution in [0.15, 0.2) is 60.7 Å². The maximum Gasteiger partial charge on any atom is 0.0973 e. The van der Waals surface area contributed by atoms with Crippen molar-refractivity contribution >= 4 is 30.1 Å². The van der Waals surface area contributed by atoms with E-state index in [4.69, 9.17) is 11.6 Å². The van der Waals surface area contributed by atoms with Gasteiger partial charge in [-0.15, -0.1) is 11.6 Å². The van der Waals surface area contributed by atoms with Crippen LogP contribution in [-0.2, 0) is 21.1 Å². The molecule has 144 valence electrons. The summed E-state index contributed by atoms with van der Waals surface area (Å²) in [5.41, 5.74) is 0.125. The Labute approximate surface area is 180 Å². The van der Waals surface area contributed by atoms with Crippen molar-refractivity contribution in [3.8, 4) is 0 Å². The summed E-state index contributed by atoms with van der Waals surface area (Å²) in [5.74, 6) is 0. The minimum absolute atomic E-state index is 0. The summed E-state index contributed by atoms with van der Waals surface area (Å²) in [5, 5.41) is 2.98. The zero-order valence-corrected chi connectivity index (χ0v) is 21.2. The fraction of sp³-hybridized carbons (Fsp3) is 0.429. The second-order valence-electron chi connectivity index (χ2n) is 6.48. The number of benzene rings is 2. The van der Waals surface area contributed by atoms with E-state index in [1.807, 2.05) is 33.1 Å². The van der Waals surface area contributed by atoms with E-state index in [9.17, 15) is 0 Å². The van der Waals surface area contributed by atoms with Crippen LogP contribution in [0.25, 0.3) is 0 Å². The zero-order chi connectivity index (χ0) is 18.7. The molecule has 0 aliphatic rings.